The second kappa shape index (κ2) is 9.32. The number of nitrogens with two attached hydrogens (primary N) is 1. The molecule has 1 aromatic heterocycles. The Hall–Kier alpha value is -3.52. The zero-order chi connectivity index (χ0) is 21.7. The Morgan fingerprint density at radius 2 is 1.83 bits per heavy atom. The molecule has 1 amide bonds. The lowest BCUT2D eigenvalue weighted by Crippen LogP contribution is -2.22. The molecule has 30 heavy (non-hydrogen) atoms. The number of hydrogen-bond acceptors (Lipinski definition) is 6. The summed E-state index contributed by atoms with van der Waals surface area (Å²) in [6.07, 6.45) is 0. The molecule has 0 saturated heterocycles. The van der Waals surface area contributed by atoms with Gasteiger partial charge >= 0.3 is 0 Å². The zero-order valence-electron chi connectivity index (χ0n) is 15.9. The van der Waals surface area contributed by atoms with Crippen molar-refractivity contribution >= 4 is 40.8 Å². The maximum absolute atomic E-state index is 12.6. The molecule has 0 aliphatic carbocycles. The van der Waals surface area contributed by atoms with Crippen LogP contribution in [0.4, 0.5) is 11.5 Å². The van der Waals surface area contributed by atoms with E-state index >= 15 is 0 Å². The van der Waals surface area contributed by atoms with Crippen molar-refractivity contribution in [2.45, 2.75) is 17.2 Å². The molecule has 0 radical (unpaired) electrons. The second-order valence-corrected chi connectivity index (χ2v) is 8.04. The highest BCUT2D eigenvalue weighted by Gasteiger charge is 2.24. The summed E-state index contributed by atoms with van der Waals surface area (Å²) in [5.41, 5.74) is 7.89. The third-order valence-corrected chi connectivity index (χ3v) is 5.55. The summed E-state index contributed by atoms with van der Waals surface area (Å²) in [5, 5.41) is 22.4. The van der Waals surface area contributed by atoms with Gasteiger partial charge in [0, 0.05) is 16.3 Å². The van der Waals surface area contributed by atoms with E-state index in [1.807, 2.05) is 24.3 Å². The molecule has 0 spiro atoms. The summed E-state index contributed by atoms with van der Waals surface area (Å²) in [6, 6.07) is 20.0. The van der Waals surface area contributed by atoms with Crippen LogP contribution in [0.2, 0.25) is 5.02 Å². The Morgan fingerprint density at radius 1 is 1.13 bits per heavy atom. The van der Waals surface area contributed by atoms with Crippen LogP contribution in [0.5, 0.6) is 0 Å². The minimum atomic E-state index is -0.565. The van der Waals surface area contributed by atoms with Crippen LogP contribution in [0.1, 0.15) is 18.1 Å². The average molecular weight is 434 g/mol. The van der Waals surface area contributed by atoms with Gasteiger partial charge in [0.2, 0.25) is 5.91 Å². The number of carbonyl (C=O) groups is 1. The van der Waals surface area contributed by atoms with Crippen molar-refractivity contribution in [2.75, 3.05) is 11.1 Å². The molecule has 0 aliphatic heterocycles. The lowest BCUT2D eigenvalue weighted by atomic mass is 9.97. The van der Waals surface area contributed by atoms with Gasteiger partial charge in [-0.1, -0.05) is 53.7 Å². The normalized spacial score (nSPS) is 11.2. The monoisotopic (exact) mass is 433 g/mol. The first-order valence-corrected chi connectivity index (χ1v) is 10.1. The van der Waals surface area contributed by atoms with Gasteiger partial charge in [0.25, 0.3) is 0 Å². The number of benzene rings is 2. The Kier molecular flexibility index (Phi) is 6.58. The van der Waals surface area contributed by atoms with Crippen molar-refractivity contribution in [3.05, 3.63) is 70.7 Å². The first kappa shape index (κ1) is 21.2. The fourth-order valence-corrected chi connectivity index (χ4v) is 3.91. The highest BCUT2D eigenvalue weighted by Crippen LogP contribution is 2.37. The average Bonchev–Trinajstić information content (AvgIpc) is 2.74. The number of aromatic nitrogens is 1. The molecule has 0 bridgehead atoms. The fourth-order valence-electron chi connectivity index (χ4n) is 2.80. The quantitative estimate of drug-likeness (QED) is 0.556. The number of nitrogen functional groups attached to an aromatic ring is 1. The number of hydrogen-bond donors (Lipinski definition) is 2. The number of carbonyl (C=O) groups excluding carboxylic acids is 1. The lowest BCUT2D eigenvalue weighted by Gasteiger charge is -2.16. The smallest absolute Gasteiger partial charge is 0.237 e. The SMILES string of the molecule is CC(Sc1nc(N)c(C#N)c(-c2cccc(Cl)c2)c1C#N)C(=O)Nc1ccccc1. The van der Waals surface area contributed by atoms with Crippen molar-refractivity contribution in [2.24, 2.45) is 0 Å². The Morgan fingerprint density at radius 3 is 2.47 bits per heavy atom. The molecule has 6 nitrogen and oxygen atoms in total. The van der Waals surface area contributed by atoms with E-state index in [2.05, 4.69) is 16.4 Å². The van der Waals surface area contributed by atoms with Crippen LogP contribution >= 0.6 is 23.4 Å². The van der Waals surface area contributed by atoms with Crippen LogP contribution in [0.3, 0.4) is 0 Å². The third kappa shape index (κ3) is 4.55. The lowest BCUT2D eigenvalue weighted by molar-refractivity contribution is -0.115. The summed E-state index contributed by atoms with van der Waals surface area (Å²) in [5.74, 6) is -0.256. The fraction of sp³-hybridized carbons (Fsp3) is 0.0909. The van der Waals surface area contributed by atoms with Crippen LogP contribution in [-0.4, -0.2) is 16.1 Å². The number of rotatable bonds is 5. The number of nitrogens with one attached hydrogen (secondary N) is 1. The van der Waals surface area contributed by atoms with Crippen LogP contribution < -0.4 is 11.1 Å². The van der Waals surface area contributed by atoms with Gasteiger partial charge < -0.3 is 11.1 Å². The molecule has 0 fully saturated rings. The minimum Gasteiger partial charge on any atom is -0.383 e. The molecule has 1 heterocycles. The van der Waals surface area contributed by atoms with Crippen molar-refractivity contribution < 1.29 is 4.79 Å². The molecule has 8 heteroatoms. The van der Waals surface area contributed by atoms with Gasteiger partial charge in [-0.15, -0.1) is 0 Å². The molecule has 1 atom stereocenters. The minimum absolute atomic E-state index is 0.00959. The first-order chi connectivity index (χ1) is 14.4. The number of pyridine rings is 1. The molecular weight excluding hydrogens is 418 g/mol. The van der Waals surface area contributed by atoms with E-state index in [1.165, 1.54) is 0 Å². The predicted octanol–water partition coefficient (Wildman–Crippen LogP) is 4.85. The van der Waals surface area contributed by atoms with Gasteiger partial charge in [-0.25, -0.2) is 4.98 Å². The van der Waals surface area contributed by atoms with Gasteiger partial charge in [-0.05, 0) is 36.8 Å². The van der Waals surface area contributed by atoms with Crippen molar-refractivity contribution in [1.29, 1.82) is 10.5 Å². The van der Waals surface area contributed by atoms with E-state index in [0.29, 0.717) is 21.8 Å². The van der Waals surface area contributed by atoms with E-state index in [4.69, 9.17) is 17.3 Å². The summed E-state index contributed by atoms with van der Waals surface area (Å²) in [7, 11) is 0. The number of para-hydroxylation sites is 1. The van der Waals surface area contributed by atoms with Crippen LogP contribution in [0.25, 0.3) is 11.1 Å². The number of nitriles is 2. The molecule has 148 valence electrons. The number of halogens is 1. The molecule has 3 aromatic rings. The van der Waals surface area contributed by atoms with E-state index in [1.54, 1.807) is 43.3 Å². The largest absolute Gasteiger partial charge is 0.383 e. The molecular formula is C22H16ClN5OS. The summed E-state index contributed by atoms with van der Waals surface area (Å²) < 4.78 is 0. The third-order valence-electron chi connectivity index (χ3n) is 4.23. The van der Waals surface area contributed by atoms with Crippen molar-refractivity contribution in [1.82, 2.24) is 4.98 Å². The van der Waals surface area contributed by atoms with Crippen LogP contribution in [0.15, 0.2) is 59.6 Å². The summed E-state index contributed by atoms with van der Waals surface area (Å²) >= 11 is 7.20. The van der Waals surface area contributed by atoms with E-state index in [9.17, 15) is 15.3 Å². The molecule has 2 aromatic carbocycles. The van der Waals surface area contributed by atoms with Crippen molar-refractivity contribution in [3.63, 3.8) is 0 Å². The maximum Gasteiger partial charge on any atom is 0.237 e. The number of amides is 1. The predicted molar refractivity (Wildman–Crippen MR) is 119 cm³/mol. The topological polar surface area (TPSA) is 116 Å². The van der Waals surface area contributed by atoms with Gasteiger partial charge in [0.1, 0.15) is 28.5 Å². The Balaban J connectivity index is 2.00. The van der Waals surface area contributed by atoms with Gasteiger partial charge in [-0.2, -0.15) is 10.5 Å². The Bertz CT molecular complexity index is 1180. The maximum atomic E-state index is 12.6. The van der Waals surface area contributed by atoms with Crippen molar-refractivity contribution in [3.8, 4) is 23.3 Å². The summed E-state index contributed by atoms with van der Waals surface area (Å²) in [4.78, 5) is 16.8. The zero-order valence-corrected chi connectivity index (χ0v) is 17.5. The molecule has 0 saturated carbocycles. The molecule has 0 aliphatic rings. The van der Waals surface area contributed by atoms with Gasteiger partial charge in [-0.3, -0.25) is 4.79 Å². The highest BCUT2D eigenvalue weighted by atomic mass is 35.5. The van der Waals surface area contributed by atoms with E-state index < -0.39 is 5.25 Å². The number of thioether (sulfide) groups is 1. The highest BCUT2D eigenvalue weighted by molar-refractivity contribution is 8.00. The van der Waals surface area contributed by atoms with E-state index in [-0.39, 0.29) is 27.9 Å². The standard InChI is InChI=1S/C22H16ClN5OS/c1-13(21(29)27-16-8-3-2-4-9-16)30-22-18(12-25)19(17(11-24)20(26)28-22)14-6-5-7-15(23)10-14/h2-10,13H,1H3,(H2,26,28)(H,27,29). The van der Waals surface area contributed by atoms with E-state index in [0.717, 1.165) is 11.8 Å². The number of nitrogens with zero attached hydrogens (tertiary/aromatic N) is 3. The second-order valence-electron chi connectivity index (χ2n) is 6.28. The van der Waals surface area contributed by atoms with Crippen LogP contribution in [-0.2, 0) is 4.79 Å². The van der Waals surface area contributed by atoms with Crippen LogP contribution in [0, 0.1) is 22.7 Å². The van der Waals surface area contributed by atoms with Gasteiger partial charge in [0.15, 0.2) is 0 Å². The molecule has 1 unspecified atom stereocenters. The molecule has 3 N–H and O–H groups in total. The number of anilines is 2. The molecule has 3 rings (SSSR count). The first-order valence-electron chi connectivity index (χ1n) is 8.86. The van der Waals surface area contributed by atoms with Gasteiger partial charge in [0.05, 0.1) is 10.8 Å². The Labute approximate surface area is 183 Å². The summed E-state index contributed by atoms with van der Waals surface area (Å²) in [6.45, 7) is 1.71.